The van der Waals surface area contributed by atoms with Gasteiger partial charge in [0, 0.05) is 37.9 Å². The summed E-state index contributed by atoms with van der Waals surface area (Å²) in [6.07, 6.45) is 4.17. The second-order valence-corrected chi connectivity index (χ2v) is 6.47. The summed E-state index contributed by atoms with van der Waals surface area (Å²) in [7, 11) is 0. The Hall–Kier alpha value is -2.24. The number of aromatic nitrogens is 1. The predicted octanol–water partition coefficient (Wildman–Crippen LogP) is 1.74. The largest absolute Gasteiger partial charge is 0.481 e. The van der Waals surface area contributed by atoms with Gasteiger partial charge in [0.15, 0.2) is 0 Å². The Morgan fingerprint density at radius 2 is 1.71 bits per heavy atom. The predicted molar refractivity (Wildman–Crippen MR) is 90.5 cm³/mol. The van der Waals surface area contributed by atoms with Gasteiger partial charge in [0.2, 0.25) is 0 Å². The Morgan fingerprint density at radius 1 is 1.04 bits per heavy atom. The number of hydrogen-bond acceptors (Lipinski definition) is 4. The second-order valence-electron chi connectivity index (χ2n) is 6.47. The van der Waals surface area contributed by atoms with Gasteiger partial charge in [-0.25, -0.2) is 0 Å². The lowest BCUT2D eigenvalue weighted by molar-refractivity contribution is -0.136. The highest BCUT2D eigenvalue weighted by Crippen LogP contribution is 2.23. The Labute approximate surface area is 141 Å². The van der Waals surface area contributed by atoms with Crippen LogP contribution in [0.3, 0.4) is 0 Å². The smallest absolute Gasteiger partial charge is 0.307 e. The number of hydrogen-bond donors (Lipinski definition) is 2. The third-order valence-electron chi connectivity index (χ3n) is 4.51. The summed E-state index contributed by atoms with van der Waals surface area (Å²) in [6.45, 7) is 2.31. The van der Waals surface area contributed by atoms with E-state index >= 15 is 0 Å². The van der Waals surface area contributed by atoms with E-state index in [1.165, 1.54) is 5.56 Å². The fourth-order valence-corrected chi connectivity index (χ4v) is 3.29. The molecule has 0 aliphatic carbocycles. The van der Waals surface area contributed by atoms with Crippen molar-refractivity contribution >= 4 is 5.97 Å². The molecule has 1 fully saturated rings. The highest BCUT2D eigenvalue weighted by molar-refractivity contribution is 5.70. The molecule has 2 heterocycles. The van der Waals surface area contributed by atoms with Crippen molar-refractivity contribution in [2.75, 3.05) is 13.1 Å². The molecule has 0 spiro atoms. The van der Waals surface area contributed by atoms with Crippen molar-refractivity contribution in [2.45, 2.75) is 25.5 Å². The van der Waals surface area contributed by atoms with E-state index in [0.717, 1.165) is 30.6 Å². The first-order chi connectivity index (χ1) is 11.6. The number of carbonyl (C=O) groups is 1. The van der Waals surface area contributed by atoms with Crippen LogP contribution in [0, 0.1) is 5.92 Å². The van der Waals surface area contributed by atoms with Crippen LogP contribution in [0.2, 0.25) is 0 Å². The molecule has 1 aromatic carbocycles. The summed E-state index contributed by atoms with van der Waals surface area (Å²) in [5, 5.41) is 19.1. The molecule has 0 saturated carbocycles. The zero-order valence-corrected chi connectivity index (χ0v) is 13.5. The normalized spacial score (nSPS) is 21.0. The van der Waals surface area contributed by atoms with Crippen LogP contribution in [-0.4, -0.2) is 45.3 Å². The van der Waals surface area contributed by atoms with Crippen molar-refractivity contribution in [1.82, 2.24) is 9.88 Å². The Morgan fingerprint density at radius 3 is 2.38 bits per heavy atom. The maximum atomic E-state index is 10.7. The lowest BCUT2D eigenvalue weighted by Gasteiger charge is -2.16. The van der Waals surface area contributed by atoms with E-state index in [2.05, 4.69) is 9.88 Å². The minimum absolute atomic E-state index is 0.0523. The van der Waals surface area contributed by atoms with Gasteiger partial charge >= 0.3 is 5.97 Å². The monoisotopic (exact) mass is 326 g/mol. The minimum atomic E-state index is -0.815. The number of aliphatic hydroxyl groups excluding tert-OH is 1. The molecule has 1 aliphatic heterocycles. The second kappa shape index (κ2) is 7.55. The molecular formula is C19H22N2O3. The molecule has 2 aromatic rings. The van der Waals surface area contributed by atoms with Crippen LogP contribution < -0.4 is 0 Å². The number of β-amino-alcohol motifs (C(OH)–C–C–N with tert-alkyl or cyclic N) is 1. The number of aliphatic hydroxyl groups is 1. The third-order valence-corrected chi connectivity index (χ3v) is 4.51. The maximum Gasteiger partial charge on any atom is 0.307 e. The van der Waals surface area contributed by atoms with Gasteiger partial charge in [0.25, 0.3) is 0 Å². The van der Waals surface area contributed by atoms with Gasteiger partial charge in [0.1, 0.15) is 0 Å². The van der Waals surface area contributed by atoms with Crippen molar-refractivity contribution in [3.63, 3.8) is 0 Å². The summed E-state index contributed by atoms with van der Waals surface area (Å²) in [6, 6.07) is 11.7. The number of carboxylic acid groups (broad SMARTS) is 1. The Balaban J connectivity index is 1.56. The zero-order chi connectivity index (χ0) is 16.9. The topological polar surface area (TPSA) is 73.7 Å². The van der Waals surface area contributed by atoms with E-state index in [4.69, 9.17) is 5.11 Å². The van der Waals surface area contributed by atoms with Crippen molar-refractivity contribution in [1.29, 1.82) is 0 Å². The first-order valence-electron chi connectivity index (χ1n) is 8.19. The van der Waals surface area contributed by atoms with E-state index in [9.17, 15) is 9.90 Å². The molecule has 24 heavy (non-hydrogen) atoms. The lowest BCUT2D eigenvalue weighted by atomic mass is 9.97. The van der Waals surface area contributed by atoms with Crippen LogP contribution in [0.1, 0.15) is 16.7 Å². The van der Waals surface area contributed by atoms with Gasteiger partial charge in [-0.2, -0.15) is 0 Å². The molecule has 0 bridgehead atoms. The lowest BCUT2D eigenvalue weighted by Crippen LogP contribution is -2.21. The number of benzene rings is 1. The summed E-state index contributed by atoms with van der Waals surface area (Å²) in [5.41, 5.74) is 3.15. The first kappa shape index (κ1) is 16.6. The van der Waals surface area contributed by atoms with Crippen LogP contribution >= 0.6 is 0 Å². The number of carboxylic acids is 1. The van der Waals surface area contributed by atoms with E-state index in [1.807, 2.05) is 36.4 Å². The summed E-state index contributed by atoms with van der Waals surface area (Å²) < 4.78 is 0. The number of nitrogens with zero attached hydrogens (tertiary/aromatic N) is 2. The van der Waals surface area contributed by atoms with Gasteiger partial charge < -0.3 is 10.2 Å². The van der Waals surface area contributed by atoms with Gasteiger partial charge in [0.05, 0.1) is 12.5 Å². The van der Waals surface area contributed by atoms with E-state index in [-0.39, 0.29) is 18.4 Å². The van der Waals surface area contributed by atoms with Crippen LogP contribution in [0.25, 0.3) is 0 Å². The van der Waals surface area contributed by atoms with Crippen LogP contribution in [0.5, 0.6) is 0 Å². The average Bonchev–Trinajstić information content (AvgIpc) is 2.89. The molecule has 1 aromatic heterocycles. The molecule has 0 amide bonds. The van der Waals surface area contributed by atoms with Gasteiger partial charge in [-0.1, -0.05) is 24.3 Å². The van der Waals surface area contributed by atoms with Crippen molar-refractivity contribution in [3.05, 3.63) is 65.5 Å². The van der Waals surface area contributed by atoms with Crippen molar-refractivity contribution in [3.8, 4) is 0 Å². The summed E-state index contributed by atoms with van der Waals surface area (Å²) >= 11 is 0. The standard InChI is InChI=1S/C19H22N2O3/c22-18-13-21(12-17(18)9-15-5-7-20-8-6-15)11-16-3-1-14(2-4-16)10-19(23)24/h1-8,17-18,22H,9-13H2,(H,23,24)/t17-,18-/m1/s1. The van der Waals surface area contributed by atoms with Gasteiger partial charge in [-0.05, 0) is 35.2 Å². The van der Waals surface area contributed by atoms with E-state index < -0.39 is 5.97 Å². The third kappa shape index (κ3) is 4.40. The molecule has 0 unspecified atom stereocenters. The fourth-order valence-electron chi connectivity index (χ4n) is 3.29. The quantitative estimate of drug-likeness (QED) is 0.846. The minimum Gasteiger partial charge on any atom is -0.481 e. The molecular weight excluding hydrogens is 304 g/mol. The maximum absolute atomic E-state index is 10.7. The molecule has 2 atom stereocenters. The highest BCUT2D eigenvalue weighted by atomic mass is 16.4. The number of pyridine rings is 1. The molecule has 1 saturated heterocycles. The van der Waals surface area contributed by atoms with Crippen LogP contribution in [0.4, 0.5) is 0 Å². The molecule has 3 rings (SSSR count). The molecule has 1 aliphatic rings. The van der Waals surface area contributed by atoms with Crippen LogP contribution in [0.15, 0.2) is 48.8 Å². The van der Waals surface area contributed by atoms with E-state index in [0.29, 0.717) is 6.54 Å². The van der Waals surface area contributed by atoms with Crippen molar-refractivity contribution in [2.24, 2.45) is 5.92 Å². The molecule has 0 radical (unpaired) electrons. The molecule has 2 N–H and O–H groups in total. The fraction of sp³-hybridized carbons (Fsp3) is 0.368. The Bertz CT molecular complexity index is 673. The first-order valence-corrected chi connectivity index (χ1v) is 8.19. The molecule has 126 valence electrons. The van der Waals surface area contributed by atoms with Gasteiger partial charge in [-0.15, -0.1) is 0 Å². The summed E-state index contributed by atoms with van der Waals surface area (Å²) in [5.74, 6) is -0.581. The number of aliphatic carboxylic acids is 1. The summed E-state index contributed by atoms with van der Waals surface area (Å²) in [4.78, 5) is 17.0. The average molecular weight is 326 g/mol. The number of rotatable bonds is 6. The van der Waals surface area contributed by atoms with Gasteiger partial charge in [-0.3, -0.25) is 14.7 Å². The zero-order valence-electron chi connectivity index (χ0n) is 13.5. The molecule has 5 nitrogen and oxygen atoms in total. The van der Waals surface area contributed by atoms with Crippen molar-refractivity contribution < 1.29 is 15.0 Å². The Kier molecular flexibility index (Phi) is 5.23. The SMILES string of the molecule is O=C(O)Cc1ccc(CN2C[C@@H](Cc3ccncc3)[C@H](O)C2)cc1. The van der Waals surface area contributed by atoms with Crippen LogP contribution in [-0.2, 0) is 24.2 Å². The molecule has 5 heteroatoms. The van der Waals surface area contributed by atoms with E-state index in [1.54, 1.807) is 12.4 Å². The number of likely N-dealkylation sites (tertiary alicyclic amines) is 1. The highest BCUT2D eigenvalue weighted by Gasteiger charge is 2.31.